The van der Waals surface area contributed by atoms with Gasteiger partial charge in [-0.25, -0.2) is 4.39 Å². The van der Waals surface area contributed by atoms with Gasteiger partial charge in [0.1, 0.15) is 12.7 Å². The Morgan fingerprint density at radius 3 is 2.88 bits per heavy atom. The van der Waals surface area contributed by atoms with E-state index in [0.29, 0.717) is 25.3 Å². The number of hydrogen-bond acceptors (Lipinski definition) is 3. The molecule has 0 saturated carbocycles. The lowest BCUT2D eigenvalue weighted by Crippen LogP contribution is -2.47. The summed E-state index contributed by atoms with van der Waals surface area (Å²) in [4.78, 5) is 14.2. The highest BCUT2D eigenvalue weighted by atomic mass is 19.1. The Morgan fingerprint density at radius 1 is 1.29 bits per heavy atom. The highest BCUT2D eigenvalue weighted by molar-refractivity contribution is 5.94. The first-order chi connectivity index (χ1) is 11.6. The van der Waals surface area contributed by atoms with Crippen LogP contribution in [0, 0.1) is 12.7 Å². The van der Waals surface area contributed by atoms with E-state index < -0.39 is 5.82 Å². The zero-order valence-electron chi connectivity index (χ0n) is 13.6. The minimum Gasteiger partial charge on any atom is -0.488 e. The van der Waals surface area contributed by atoms with E-state index in [2.05, 4.69) is 0 Å². The summed E-state index contributed by atoms with van der Waals surface area (Å²) >= 11 is 0. The van der Waals surface area contributed by atoms with Gasteiger partial charge in [0, 0.05) is 12.1 Å². The highest BCUT2D eigenvalue weighted by Gasteiger charge is 2.25. The number of ether oxygens (including phenoxy) is 2. The molecular weight excluding hydrogens is 309 g/mol. The molecule has 1 fully saturated rings. The number of amides is 1. The second-order valence-corrected chi connectivity index (χ2v) is 5.85. The van der Waals surface area contributed by atoms with E-state index in [-0.39, 0.29) is 24.4 Å². The number of morpholine rings is 1. The SMILES string of the molecule is Cc1ccc(F)c(OCC2CN(C(=O)c3ccccc3)CCO2)c1. The third kappa shape index (κ3) is 3.92. The molecule has 1 aliphatic rings. The van der Waals surface area contributed by atoms with E-state index >= 15 is 0 Å². The summed E-state index contributed by atoms with van der Waals surface area (Å²) in [5.41, 5.74) is 1.58. The van der Waals surface area contributed by atoms with Gasteiger partial charge in [-0.3, -0.25) is 4.79 Å². The molecule has 0 radical (unpaired) electrons. The lowest BCUT2D eigenvalue weighted by Gasteiger charge is -2.33. The Bertz CT molecular complexity index is 705. The summed E-state index contributed by atoms with van der Waals surface area (Å²) in [6.07, 6.45) is -0.272. The van der Waals surface area contributed by atoms with Gasteiger partial charge >= 0.3 is 0 Å². The molecule has 1 amide bonds. The summed E-state index contributed by atoms with van der Waals surface area (Å²) in [6.45, 7) is 3.51. The summed E-state index contributed by atoms with van der Waals surface area (Å²) in [7, 11) is 0. The summed E-state index contributed by atoms with van der Waals surface area (Å²) in [5, 5.41) is 0. The number of carbonyl (C=O) groups is 1. The first-order valence-corrected chi connectivity index (χ1v) is 7.98. The van der Waals surface area contributed by atoms with Gasteiger partial charge < -0.3 is 14.4 Å². The van der Waals surface area contributed by atoms with Crippen molar-refractivity contribution in [1.29, 1.82) is 0 Å². The van der Waals surface area contributed by atoms with Gasteiger partial charge in [-0.05, 0) is 36.8 Å². The van der Waals surface area contributed by atoms with E-state index in [1.807, 2.05) is 25.1 Å². The second-order valence-electron chi connectivity index (χ2n) is 5.85. The molecule has 0 bridgehead atoms. The van der Waals surface area contributed by atoms with Crippen LogP contribution in [-0.4, -0.2) is 43.2 Å². The van der Waals surface area contributed by atoms with Crippen molar-refractivity contribution >= 4 is 5.91 Å². The number of halogens is 1. The molecule has 1 heterocycles. The fraction of sp³-hybridized carbons (Fsp3) is 0.316. The number of hydrogen-bond donors (Lipinski definition) is 0. The predicted octanol–water partition coefficient (Wildman–Crippen LogP) is 3.05. The van der Waals surface area contributed by atoms with Crippen LogP contribution in [0.2, 0.25) is 0 Å². The normalized spacial score (nSPS) is 17.6. The van der Waals surface area contributed by atoms with Crippen LogP contribution in [0.4, 0.5) is 4.39 Å². The Kier molecular flexibility index (Phi) is 5.11. The largest absolute Gasteiger partial charge is 0.488 e. The monoisotopic (exact) mass is 329 g/mol. The van der Waals surface area contributed by atoms with Gasteiger partial charge in [0.15, 0.2) is 11.6 Å². The summed E-state index contributed by atoms with van der Waals surface area (Å²) < 4.78 is 24.9. The average molecular weight is 329 g/mol. The van der Waals surface area contributed by atoms with Crippen molar-refractivity contribution < 1.29 is 18.7 Å². The van der Waals surface area contributed by atoms with Crippen LogP contribution in [0.3, 0.4) is 0 Å². The molecule has 0 aromatic heterocycles. The fourth-order valence-corrected chi connectivity index (χ4v) is 2.67. The van der Waals surface area contributed by atoms with E-state index in [9.17, 15) is 9.18 Å². The number of benzene rings is 2. The third-order valence-corrected chi connectivity index (χ3v) is 3.96. The van der Waals surface area contributed by atoms with E-state index in [1.54, 1.807) is 29.2 Å². The second kappa shape index (κ2) is 7.45. The van der Waals surface area contributed by atoms with E-state index in [0.717, 1.165) is 5.56 Å². The number of nitrogens with zero attached hydrogens (tertiary/aromatic N) is 1. The molecule has 126 valence electrons. The Balaban J connectivity index is 1.59. The predicted molar refractivity (Wildman–Crippen MR) is 88.7 cm³/mol. The van der Waals surface area contributed by atoms with Crippen molar-refractivity contribution in [1.82, 2.24) is 4.90 Å². The van der Waals surface area contributed by atoms with Gasteiger partial charge in [-0.1, -0.05) is 24.3 Å². The van der Waals surface area contributed by atoms with Crippen LogP contribution in [-0.2, 0) is 4.74 Å². The fourth-order valence-electron chi connectivity index (χ4n) is 2.67. The Labute approximate surface area is 140 Å². The molecule has 0 aliphatic carbocycles. The molecule has 1 unspecified atom stereocenters. The van der Waals surface area contributed by atoms with E-state index in [4.69, 9.17) is 9.47 Å². The zero-order chi connectivity index (χ0) is 16.9. The van der Waals surface area contributed by atoms with Crippen molar-refractivity contribution in [3.8, 4) is 5.75 Å². The molecule has 3 rings (SSSR count). The lowest BCUT2D eigenvalue weighted by molar-refractivity contribution is -0.0405. The minimum absolute atomic E-state index is 0.0226. The molecule has 2 aromatic rings. The number of carbonyl (C=O) groups excluding carboxylic acids is 1. The van der Waals surface area contributed by atoms with Crippen LogP contribution in [0.15, 0.2) is 48.5 Å². The number of aryl methyl sites for hydroxylation is 1. The van der Waals surface area contributed by atoms with Crippen LogP contribution in [0.5, 0.6) is 5.75 Å². The van der Waals surface area contributed by atoms with Gasteiger partial charge in [0.05, 0.1) is 13.2 Å². The van der Waals surface area contributed by atoms with Crippen molar-refractivity contribution in [2.24, 2.45) is 0 Å². The summed E-state index contributed by atoms with van der Waals surface area (Å²) in [6, 6.07) is 13.9. The first-order valence-electron chi connectivity index (χ1n) is 7.98. The molecule has 24 heavy (non-hydrogen) atoms. The van der Waals surface area contributed by atoms with Crippen molar-refractivity contribution in [2.45, 2.75) is 13.0 Å². The quantitative estimate of drug-likeness (QED) is 0.865. The molecule has 0 spiro atoms. The molecule has 0 N–H and O–H groups in total. The van der Waals surface area contributed by atoms with Crippen molar-refractivity contribution in [2.75, 3.05) is 26.3 Å². The third-order valence-electron chi connectivity index (χ3n) is 3.96. The molecule has 1 aliphatic heterocycles. The van der Waals surface area contributed by atoms with Gasteiger partial charge in [0.25, 0.3) is 5.91 Å². The standard InChI is InChI=1S/C19H20FNO3/c1-14-7-8-17(20)18(11-14)24-13-16-12-21(9-10-23-16)19(22)15-5-3-2-4-6-15/h2-8,11,16H,9-10,12-13H2,1H3. The lowest BCUT2D eigenvalue weighted by atomic mass is 10.1. The van der Waals surface area contributed by atoms with E-state index in [1.165, 1.54) is 6.07 Å². The van der Waals surface area contributed by atoms with Gasteiger partial charge in [-0.2, -0.15) is 0 Å². The van der Waals surface area contributed by atoms with Crippen molar-refractivity contribution in [3.63, 3.8) is 0 Å². The zero-order valence-corrected chi connectivity index (χ0v) is 13.6. The molecule has 5 heteroatoms. The minimum atomic E-state index is -0.395. The Hall–Kier alpha value is -2.40. The maximum absolute atomic E-state index is 13.7. The van der Waals surface area contributed by atoms with Gasteiger partial charge in [-0.15, -0.1) is 0 Å². The van der Waals surface area contributed by atoms with Gasteiger partial charge in [0.2, 0.25) is 0 Å². The smallest absolute Gasteiger partial charge is 0.254 e. The Morgan fingerprint density at radius 2 is 2.08 bits per heavy atom. The topological polar surface area (TPSA) is 38.8 Å². The molecule has 4 nitrogen and oxygen atoms in total. The highest BCUT2D eigenvalue weighted by Crippen LogP contribution is 2.19. The van der Waals surface area contributed by atoms with Crippen LogP contribution >= 0.6 is 0 Å². The maximum Gasteiger partial charge on any atom is 0.254 e. The summed E-state index contributed by atoms with van der Waals surface area (Å²) in [5.74, 6) is -0.204. The molecular formula is C19H20FNO3. The van der Waals surface area contributed by atoms with Crippen LogP contribution in [0.25, 0.3) is 0 Å². The van der Waals surface area contributed by atoms with Crippen LogP contribution < -0.4 is 4.74 Å². The first kappa shape index (κ1) is 16.5. The molecule has 1 saturated heterocycles. The average Bonchev–Trinajstić information content (AvgIpc) is 2.63. The van der Waals surface area contributed by atoms with Crippen molar-refractivity contribution in [3.05, 3.63) is 65.5 Å². The number of rotatable bonds is 4. The molecule has 1 atom stereocenters. The maximum atomic E-state index is 13.7. The molecule has 2 aromatic carbocycles. The van der Waals surface area contributed by atoms with Crippen LogP contribution in [0.1, 0.15) is 15.9 Å².